The summed E-state index contributed by atoms with van der Waals surface area (Å²) in [7, 11) is 1.65. The van der Waals surface area contributed by atoms with Crippen LogP contribution in [0.5, 0.6) is 5.75 Å². The molecule has 1 amide bonds. The number of hydrogen-bond donors (Lipinski definition) is 1. The number of ether oxygens (including phenoxy) is 2. The van der Waals surface area contributed by atoms with Crippen molar-refractivity contribution in [2.24, 2.45) is 0 Å². The van der Waals surface area contributed by atoms with Crippen molar-refractivity contribution in [3.05, 3.63) is 29.8 Å². The first-order valence-electron chi connectivity index (χ1n) is 7.91. The quantitative estimate of drug-likeness (QED) is 0.772. The summed E-state index contributed by atoms with van der Waals surface area (Å²) in [6.45, 7) is 5.81. The Morgan fingerprint density at radius 1 is 1.35 bits per heavy atom. The summed E-state index contributed by atoms with van der Waals surface area (Å²) in [6.07, 6.45) is 1.34. The highest BCUT2D eigenvalue weighted by Gasteiger charge is 2.19. The molecule has 1 aromatic carbocycles. The molecule has 6 heteroatoms. The lowest BCUT2D eigenvalue weighted by Crippen LogP contribution is -2.51. The Kier molecular flexibility index (Phi) is 8.99. The molecule has 1 aromatic rings. The van der Waals surface area contributed by atoms with E-state index < -0.39 is 0 Å². The average Bonchev–Trinajstić information content (AvgIpc) is 2.55. The number of nitrogens with one attached hydrogen (secondary N) is 1. The third-order valence-electron chi connectivity index (χ3n) is 3.83. The van der Waals surface area contributed by atoms with E-state index in [9.17, 15) is 4.79 Å². The van der Waals surface area contributed by atoms with E-state index in [1.807, 2.05) is 29.2 Å². The van der Waals surface area contributed by atoms with E-state index in [-0.39, 0.29) is 18.3 Å². The fraction of sp³-hybridized carbons (Fsp3) is 0.588. The van der Waals surface area contributed by atoms with Crippen molar-refractivity contribution >= 4 is 18.3 Å². The normalized spacial score (nSPS) is 17.5. The Labute approximate surface area is 144 Å². The molecular weight excluding hydrogens is 316 g/mol. The van der Waals surface area contributed by atoms with Gasteiger partial charge in [-0.1, -0.05) is 12.1 Å². The molecular formula is C17H27ClN2O3. The molecule has 1 fully saturated rings. The molecule has 1 N–H and O–H groups in total. The van der Waals surface area contributed by atoms with Crippen LogP contribution in [0.3, 0.4) is 0 Å². The molecule has 1 saturated heterocycles. The Hall–Kier alpha value is -1.30. The Bertz CT molecular complexity index is 467. The van der Waals surface area contributed by atoms with E-state index in [1.165, 1.54) is 0 Å². The number of amides is 1. The Morgan fingerprint density at radius 3 is 2.74 bits per heavy atom. The fourth-order valence-electron chi connectivity index (χ4n) is 2.55. The number of nitrogens with zero attached hydrogens (tertiary/aromatic N) is 1. The summed E-state index contributed by atoms with van der Waals surface area (Å²) < 4.78 is 10.7. The molecule has 1 aliphatic heterocycles. The summed E-state index contributed by atoms with van der Waals surface area (Å²) in [4.78, 5) is 14.0. The molecule has 130 valence electrons. The number of carbonyl (C=O) groups is 1. The van der Waals surface area contributed by atoms with Gasteiger partial charge in [0.1, 0.15) is 5.75 Å². The molecule has 0 bridgehead atoms. The van der Waals surface area contributed by atoms with Crippen LogP contribution >= 0.6 is 12.4 Å². The van der Waals surface area contributed by atoms with Crippen molar-refractivity contribution in [2.75, 3.05) is 33.4 Å². The fourth-order valence-corrected chi connectivity index (χ4v) is 2.55. The predicted molar refractivity (Wildman–Crippen MR) is 93.2 cm³/mol. The summed E-state index contributed by atoms with van der Waals surface area (Å²) in [6, 6.07) is 8.23. The van der Waals surface area contributed by atoms with Gasteiger partial charge in [0.2, 0.25) is 5.91 Å². The van der Waals surface area contributed by atoms with E-state index in [1.54, 1.807) is 7.11 Å². The molecule has 0 radical (unpaired) electrons. The van der Waals surface area contributed by atoms with Crippen LogP contribution in [0.2, 0.25) is 0 Å². The molecule has 0 saturated carbocycles. The van der Waals surface area contributed by atoms with Crippen LogP contribution in [-0.2, 0) is 16.1 Å². The first kappa shape index (κ1) is 19.7. The number of methoxy groups -OCH3 is 1. The van der Waals surface area contributed by atoms with E-state index in [4.69, 9.17) is 9.47 Å². The molecule has 0 aromatic heterocycles. The highest BCUT2D eigenvalue weighted by atomic mass is 35.5. The first-order chi connectivity index (χ1) is 10.7. The second-order valence-electron chi connectivity index (χ2n) is 5.70. The highest BCUT2D eigenvalue weighted by Crippen LogP contribution is 2.12. The molecule has 1 aliphatic rings. The minimum atomic E-state index is 0. The lowest BCUT2D eigenvalue weighted by atomic mass is 10.2. The molecule has 1 atom stereocenters. The lowest BCUT2D eigenvalue weighted by Gasteiger charge is -2.32. The van der Waals surface area contributed by atoms with Gasteiger partial charge in [0.15, 0.2) is 0 Å². The maximum absolute atomic E-state index is 12.1. The van der Waals surface area contributed by atoms with E-state index in [0.29, 0.717) is 25.7 Å². The molecule has 5 nitrogen and oxygen atoms in total. The van der Waals surface area contributed by atoms with Crippen LogP contribution in [0.4, 0.5) is 0 Å². The predicted octanol–water partition coefficient (Wildman–Crippen LogP) is 2.23. The van der Waals surface area contributed by atoms with E-state index in [0.717, 1.165) is 37.4 Å². The van der Waals surface area contributed by atoms with Crippen molar-refractivity contribution in [3.63, 3.8) is 0 Å². The van der Waals surface area contributed by atoms with Crippen molar-refractivity contribution in [2.45, 2.75) is 32.4 Å². The number of halogens is 1. The molecule has 2 rings (SSSR count). The molecule has 0 spiro atoms. The van der Waals surface area contributed by atoms with Crippen molar-refractivity contribution < 1.29 is 14.3 Å². The van der Waals surface area contributed by atoms with Crippen LogP contribution in [0.25, 0.3) is 0 Å². The van der Waals surface area contributed by atoms with Gasteiger partial charge >= 0.3 is 0 Å². The van der Waals surface area contributed by atoms with Crippen LogP contribution < -0.4 is 10.1 Å². The van der Waals surface area contributed by atoms with Crippen molar-refractivity contribution in [3.8, 4) is 5.75 Å². The number of rotatable bonds is 7. The summed E-state index contributed by atoms with van der Waals surface area (Å²) in [5.41, 5.74) is 1.11. The van der Waals surface area contributed by atoms with Gasteiger partial charge in [-0.3, -0.25) is 4.79 Å². The zero-order valence-corrected chi connectivity index (χ0v) is 14.7. The number of benzene rings is 1. The van der Waals surface area contributed by atoms with E-state index >= 15 is 0 Å². The van der Waals surface area contributed by atoms with Crippen LogP contribution in [0.15, 0.2) is 24.3 Å². The molecule has 23 heavy (non-hydrogen) atoms. The third-order valence-corrected chi connectivity index (χ3v) is 3.83. The highest BCUT2D eigenvalue weighted by molar-refractivity contribution is 5.85. The zero-order valence-electron chi connectivity index (χ0n) is 13.9. The van der Waals surface area contributed by atoms with E-state index in [2.05, 4.69) is 12.2 Å². The van der Waals surface area contributed by atoms with Crippen LogP contribution in [0, 0.1) is 0 Å². The molecule has 0 aliphatic carbocycles. The first-order valence-corrected chi connectivity index (χ1v) is 7.91. The summed E-state index contributed by atoms with van der Waals surface area (Å²) in [5, 5.41) is 3.34. The number of carbonyl (C=O) groups excluding carboxylic acids is 1. The van der Waals surface area contributed by atoms with Gasteiger partial charge < -0.3 is 19.7 Å². The largest absolute Gasteiger partial charge is 0.497 e. The Balaban J connectivity index is 0.00000264. The third kappa shape index (κ3) is 6.77. The summed E-state index contributed by atoms with van der Waals surface area (Å²) >= 11 is 0. The van der Waals surface area contributed by atoms with Gasteiger partial charge in [-0.2, -0.15) is 0 Å². The monoisotopic (exact) mass is 342 g/mol. The van der Waals surface area contributed by atoms with Gasteiger partial charge in [0.25, 0.3) is 0 Å². The zero-order chi connectivity index (χ0) is 15.8. The average molecular weight is 343 g/mol. The minimum absolute atomic E-state index is 0. The summed E-state index contributed by atoms with van der Waals surface area (Å²) in [5.74, 6) is 1.08. The Morgan fingerprint density at radius 2 is 2.09 bits per heavy atom. The molecule has 0 unspecified atom stereocenters. The maximum atomic E-state index is 12.1. The second kappa shape index (κ2) is 10.5. The second-order valence-corrected chi connectivity index (χ2v) is 5.70. The molecule has 1 heterocycles. The smallest absolute Gasteiger partial charge is 0.222 e. The number of hydrogen-bond acceptors (Lipinski definition) is 4. The topological polar surface area (TPSA) is 50.8 Å². The van der Waals surface area contributed by atoms with Gasteiger partial charge in [-0.05, 0) is 31.0 Å². The standard InChI is InChI=1S/C17H26N2O3.ClH/c1-14-12-19(10-9-18-14)17(20)4-3-11-22-13-15-5-7-16(21-2)8-6-15;/h5-8,14,18H,3-4,9-13H2,1-2H3;1H/t14-;/m1./s1. The number of piperazine rings is 1. The van der Waals surface area contributed by atoms with Crippen LogP contribution in [0.1, 0.15) is 25.3 Å². The SMILES string of the molecule is COc1ccc(COCCCC(=O)N2CCN[C@H](C)C2)cc1.Cl. The lowest BCUT2D eigenvalue weighted by molar-refractivity contribution is -0.132. The minimum Gasteiger partial charge on any atom is -0.497 e. The maximum Gasteiger partial charge on any atom is 0.222 e. The van der Waals surface area contributed by atoms with Gasteiger partial charge in [-0.15, -0.1) is 12.4 Å². The van der Waals surface area contributed by atoms with Gasteiger partial charge in [0, 0.05) is 38.7 Å². The van der Waals surface area contributed by atoms with Gasteiger partial charge in [0.05, 0.1) is 13.7 Å². The van der Waals surface area contributed by atoms with Gasteiger partial charge in [-0.25, -0.2) is 0 Å². The van der Waals surface area contributed by atoms with Crippen LogP contribution in [-0.4, -0.2) is 50.2 Å². The van der Waals surface area contributed by atoms with Crippen molar-refractivity contribution in [1.82, 2.24) is 10.2 Å². The van der Waals surface area contributed by atoms with Crippen molar-refractivity contribution in [1.29, 1.82) is 0 Å².